The van der Waals surface area contributed by atoms with E-state index < -0.39 is 17.9 Å². The van der Waals surface area contributed by atoms with E-state index in [4.69, 9.17) is 0 Å². The molecule has 0 saturated heterocycles. The molecule has 4 aromatic rings. The lowest BCUT2D eigenvalue weighted by atomic mass is 9.96. The van der Waals surface area contributed by atoms with E-state index in [1.54, 1.807) is 19.1 Å². The van der Waals surface area contributed by atoms with E-state index in [2.05, 4.69) is 63.8 Å². The third kappa shape index (κ3) is 5.21. The van der Waals surface area contributed by atoms with Gasteiger partial charge < -0.3 is 10.6 Å². The van der Waals surface area contributed by atoms with Gasteiger partial charge >= 0.3 is 0 Å². The number of benzene rings is 1. The van der Waals surface area contributed by atoms with Gasteiger partial charge in [0.25, 0.3) is 0 Å². The number of anilines is 2. The van der Waals surface area contributed by atoms with Gasteiger partial charge in [0.1, 0.15) is 23.9 Å². The standard InChI is InChI=1S/C28H27F2N9/c1-15-20(7-8-22(29)35-15)25(26-27(30)39(38-37-26)19-5-6-19)36-18-9-16(11-31)23-21(10-18)24(17(12-32)13-33-23)34-14-28(2,3)4/h7-10,13,19,25,36H,5-6,14H2,1-4H3,(H,33,34). The SMILES string of the molecule is Cc1nc(F)ccc1C(Nc1cc(C#N)c2ncc(C#N)c(NCC(C)(C)C)c2c1)c1nnn(C2CC2)c1F. The van der Waals surface area contributed by atoms with Crippen LogP contribution in [0.4, 0.5) is 20.2 Å². The molecular formula is C28H27F2N9. The molecule has 9 nitrogen and oxygen atoms in total. The number of pyridine rings is 2. The summed E-state index contributed by atoms with van der Waals surface area (Å²) in [6.07, 6.45) is 3.09. The van der Waals surface area contributed by atoms with Crippen LogP contribution in [-0.4, -0.2) is 31.5 Å². The number of nitriles is 2. The number of rotatable bonds is 7. The maximum Gasteiger partial charge on any atom is 0.237 e. The van der Waals surface area contributed by atoms with E-state index >= 15 is 4.39 Å². The van der Waals surface area contributed by atoms with E-state index in [0.29, 0.717) is 45.6 Å². The summed E-state index contributed by atoms with van der Waals surface area (Å²) < 4.78 is 30.7. The highest BCUT2D eigenvalue weighted by Gasteiger charge is 2.33. The molecule has 39 heavy (non-hydrogen) atoms. The van der Waals surface area contributed by atoms with E-state index in [1.807, 2.05) is 0 Å². The Morgan fingerprint density at radius 3 is 2.51 bits per heavy atom. The molecule has 1 fully saturated rings. The van der Waals surface area contributed by atoms with Gasteiger partial charge in [0.05, 0.1) is 28.4 Å². The zero-order valence-electron chi connectivity index (χ0n) is 22.0. The molecular weight excluding hydrogens is 500 g/mol. The predicted molar refractivity (Wildman–Crippen MR) is 142 cm³/mol. The molecule has 0 spiro atoms. The van der Waals surface area contributed by atoms with Crippen LogP contribution in [0.2, 0.25) is 0 Å². The Labute approximate surface area is 224 Å². The largest absolute Gasteiger partial charge is 0.383 e. The topological polar surface area (TPSA) is 128 Å². The molecule has 1 aliphatic carbocycles. The third-order valence-corrected chi connectivity index (χ3v) is 6.55. The van der Waals surface area contributed by atoms with Gasteiger partial charge in [-0.2, -0.15) is 19.3 Å². The van der Waals surface area contributed by atoms with Crippen LogP contribution >= 0.6 is 0 Å². The van der Waals surface area contributed by atoms with E-state index in [1.165, 1.54) is 23.0 Å². The number of halogens is 2. The molecule has 5 rings (SSSR count). The average Bonchev–Trinajstić information content (AvgIpc) is 3.66. The second-order valence-electron chi connectivity index (χ2n) is 10.9. The molecule has 1 saturated carbocycles. The summed E-state index contributed by atoms with van der Waals surface area (Å²) >= 11 is 0. The lowest BCUT2D eigenvalue weighted by Gasteiger charge is -2.23. The number of hydrogen-bond acceptors (Lipinski definition) is 8. The predicted octanol–water partition coefficient (Wildman–Crippen LogP) is 5.55. The van der Waals surface area contributed by atoms with Crippen molar-refractivity contribution in [1.29, 1.82) is 10.5 Å². The molecule has 1 atom stereocenters. The van der Waals surface area contributed by atoms with Gasteiger partial charge in [-0.15, -0.1) is 5.10 Å². The van der Waals surface area contributed by atoms with Gasteiger partial charge in [-0.3, -0.25) is 4.98 Å². The molecule has 198 valence electrons. The molecule has 3 aromatic heterocycles. The van der Waals surface area contributed by atoms with Crippen molar-refractivity contribution >= 4 is 22.3 Å². The third-order valence-electron chi connectivity index (χ3n) is 6.55. The zero-order chi connectivity index (χ0) is 27.9. The average molecular weight is 528 g/mol. The van der Waals surface area contributed by atoms with Crippen LogP contribution in [0.3, 0.4) is 0 Å². The highest BCUT2D eigenvalue weighted by Crippen LogP contribution is 2.38. The first-order valence-corrected chi connectivity index (χ1v) is 12.6. The lowest BCUT2D eigenvalue weighted by Crippen LogP contribution is -2.20. The Hall–Kier alpha value is -4.64. The molecule has 0 aliphatic heterocycles. The first kappa shape index (κ1) is 26.0. The van der Waals surface area contributed by atoms with Crippen LogP contribution in [0.15, 0.2) is 30.5 Å². The Kier molecular flexibility index (Phi) is 6.61. The molecule has 0 bridgehead atoms. The summed E-state index contributed by atoms with van der Waals surface area (Å²) in [7, 11) is 0. The summed E-state index contributed by atoms with van der Waals surface area (Å²) in [5.41, 5.74) is 2.87. The minimum atomic E-state index is -0.882. The van der Waals surface area contributed by atoms with Crippen LogP contribution in [0.25, 0.3) is 10.9 Å². The fourth-order valence-corrected chi connectivity index (χ4v) is 4.43. The first-order chi connectivity index (χ1) is 18.6. The fourth-order valence-electron chi connectivity index (χ4n) is 4.43. The van der Waals surface area contributed by atoms with Crippen molar-refractivity contribution in [2.24, 2.45) is 5.41 Å². The smallest absolute Gasteiger partial charge is 0.237 e. The Morgan fingerprint density at radius 1 is 1.13 bits per heavy atom. The molecule has 0 radical (unpaired) electrons. The van der Waals surface area contributed by atoms with E-state index in [-0.39, 0.29) is 22.7 Å². The van der Waals surface area contributed by atoms with Gasteiger partial charge in [0, 0.05) is 35.1 Å². The maximum atomic E-state index is 15.5. The van der Waals surface area contributed by atoms with E-state index in [0.717, 1.165) is 12.8 Å². The van der Waals surface area contributed by atoms with Crippen molar-refractivity contribution in [1.82, 2.24) is 25.0 Å². The highest BCUT2D eigenvalue weighted by atomic mass is 19.1. The van der Waals surface area contributed by atoms with Crippen LogP contribution in [0.5, 0.6) is 0 Å². The monoisotopic (exact) mass is 527 g/mol. The van der Waals surface area contributed by atoms with Crippen molar-refractivity contribution in [3.05, 3.63) is 70.4 Å². The summed E-state index contributed by atoms with van der Waals surface area (Å²) in [4.78, 5) is 8.30. The molecule has 0 amide bonds. The second-order valence-corrected chi connectivity index (χ2v) is 10.9. The Balaban J connectivity index is 1.66. The molecule has 3 heterocycles. The number of nitrogens with zero attached hydrogens (tertiary/aromatic N) is 7. The second kappa shape index (κ2) is 9.91. The van der Waals surface area contributed by atoms with Crippen LogP contribution in [0, 0.1) is 46.9 Å². The molecule has 11 heteroatoms. The van der Waals surface area contributed by atoms with Crippen molar-refractivity contribution in [2.75, 3.05) is 17.2 Å². The first-order valence-electron chi connectivity index (χ1n) is 12.6. The van der Waals surface area contributed by atoms with E-state index in [9.17, 15) is 14.9 Å². The Bertz CT molecular complexity index is 1650. The highest BCUT2D eigenvalue weighted by molar-refractivity contribution is 5.99. The van der Waals surface area contributed by atoms with Gasteiger partial charge in [0.15, 0.2) is 0 Å². The van der Waals surface area contributed by atoms with Crippen molar-refractivity contribution in [3.8, 4) is 12.1 Å². The van der Waals surface area contributed by atoms with Gasteiger partial charge in [-0.25, -0.2) is 9.67 Å². The van der Waals surface area contributed by atoms with Crippen LogP contribution in [-0.2, 0) is 0 Å². The number of aryl methyl sites for hydroxylation is 1. The minimum absolute atomic E-state index is 0.0304. The van der Waals surface area contributed by atoms with Gasteiger partial charge in [-0.1, -0.05) is 32.1 Å². The molecule has 1 aliphatic rings. The lowest BCUT2D eigenvalue weighted by molar-refractivity contribution is 0.443. The van der Waals surface area contributed by atoms with Crippen molar-refractivity contribution in [2.45, 2.75) is 52.6 Å². The van der Waals surface area contributed by atoms with Gasteiger partial charge in [-0.05, 0) is 43.4 Å². The fraction of sp³-hybridized carbons (Fsp3) is 0.357. The molecule has 2 N–H and O–H groups in total. The summed E-state index contributed by atoms with van der Waals surface area (Å²) in [5.74, 6) is -1.24. The summed E-state index contributed by atoms with van der Waals surface area (Å²) in [5, 5.41) is 35.1. The zero-order valence-corrected chi connectivity index (χ0v) is 22.0. The normalized spacial score (nSPS) is 14.1. The quantitative estimate of drug-likeness (QED) is 0.300. The van der Waals surface area contributed by atoms with Crippen LogP contribution < -0.4 is 10.6 Å². The van der Waals surface area contributed by atoms with Gasteiger partial charge in [0.2, 0.25) is 11.9 Å². The minimum Gasteiger partial charge on any atom is -0.383 e. The van der Waals surface area contributed by atoms with Crippen molar-refractivity contribution in [3.63, 3.8) is 0 Å². The summed E-state index contributed by atoms with van der Waals surface area (Å²) in [6.45, 7) is 8.40. The number of hydrogen-bond donors (Lipinski definition) is 2. The number of aromatic nitrogens is 5. The number of nitrogens with one attached hydrogen (secondary N) is 2. The summed E-state index contributed by atoms with van der Waals surface area (Å²) in [6, 6.07) is 9.54. The molecule has 1 unspecified atom stereocenters. The Morgan fingerprint density at radius 2 is 1.87 bits per heavy atom. The van der Waals surface area contributed by atoms with Crippen LogP contribution in [0.1, 0.15) is 73.8 Å². The van der Waals surface area contributed by atoms with Crippen molar-refractivity contribution < 1.29 is 8.78 Å². The number of fused-ring (bicyclic) bond motifs is 1. The maximum absolute atomic E-state index is 15.5. The molecule has 1 aromatic carbocycles.